The highest BCUT2D eigenvalue weighted by atomic mass is 16.6. The number of alkyl carbamates (subject to hydrolysis) is 1. The van der Waals surface area contributed by atoms with Crippen molar-refractivity contribution in [3.05, 3.63) is 0 Å². The van der Waals surface area contributed by atoms with E-state index in [2.05, 4.69) is 17.6 Å². The van der Waals surface area contributed by atoms with Crippen molar-refractivity contribution in [3.63, 3.8) is 0 Å². The van der Waals surface area contributed by atoms with E-state index < -0.39 is 5.60 Å². The first-order valence-electron chi connectivity index (χ1n) is 6.59. The molecule has 2 atom stereocenters. The Labute approximate surface area is 104 Å². The molecule has 1 aliphatic rings. The Morgan fingerprint density at radius 1 is 1.35 bits per heavy atom. The predicted octanol–water partition coefficient (Wildman–Crippen LogP) is 2.29. The molecule has 0 aromatic heterocycles. The van der Waals surface area contributed by atoms with Gasteiger partial charge in [0.1, 0.15) is 5.60 Å². The van der Waals surface area contributed by atoms with Gasteiger partial charge in [0.2, 0.25) is 0 Å². The molecule has 1 saturated heterocycles. The number of hydrogen-bond donors (Lipinski definition) is 2. The van der Waals surface area contributed by atoms with Gasteiger partial charge in [0.25, 0.3) is 0 Å². The molecule has 1 aliphatic heterocycles. The minimum absolute atomic E-state index is 0.185. The molecule has 4 nitrogen and oxygen atoms in total. The molecule has 4 heteroatoms. The van der Waals surface area contributed by atoms with E-state index in [4.69, 9.17) is 4.74 Å². The molecule has 1 heterocycles. The van der Waals surface area contributed by atoms with Crippen LogP contribution in [0.4, 0.5) is 4.79 Å². The third kappa shape index (κ3) is 5.91. The molecule has 0 aromatic rings. The smallest absolute Gasteiger partial charge is 0.407 e. The minimum atomic E-state index is -0.422. The highest BCUT2D eigenvalue weighted by Crippen LogP contribution is 2.18. The number of hydrogen-bond acceptors (Lipinski definition) is 3. The van der Waals surface area contributed by atoms with Crippen molar-refractivity contribution in [1.29, 1.82) is 0 Å². The fourth-order valence-corrected chi connectivity index (χ4v) is 2.16. The zero-order valence-electron chi connectivity index (χ0n) is 11.5. The van der Waals surface area contributed by atoms with Gasteiger partial charge < -0.3 is 15.4 Å². The maximum absolute atomic E-state index is 11.6. The molecule has 1 amide bonds. The lowest BCUT2D eigenvalue weighted by atomic mass is 9.93. The van der Waals surface area contributed by atoms with Crippen LogP contribution in [0.15, 0.2) is 0 Å². The zero-order chi connectivity index (χ0) is 12.9. The molecule has 100 valence electrons. The van der Waals surface area contributed by atoms with E-state index in [1.165, 1.54) is 12.8 Å². The van der Waals surface area contributed by atoms with Gasteiger partial charge in [-0.15, -0.1) is 0 Å². The lowest BCUT2D eigenvalue weighted by Crippen LogP contribution is -2.41. The zero-order valence-corrected chi connectivity index (χ0v) is 11.5. The molecule has 0 radical (unpaired) electrons. The Morgan fingerprint density at radius 2 is 2.06 bits per heavy atom. The molecule has 1 fully saturated rings. The molecule has 0 spiro atoms. The average molecular weight is 242 g/mol. The number of ether oxygens (including phenoxy) is 1. The quantitative estimate of drug-likeness (QED) is 0.781. The summed E-state index contributed by atoms with van der Waals surface area (Å²) in [5.74, 6) is 0.553. The number of carbonyl (C=O) groups excluding carboxylic acids is 1. The molecular formula is C13H26N2O2. The summed E-state index contributed by atoms with van der Waals surface area (Å²) in [6.07, 6.45) is 3.17. The number of carbonyl (C=O) groups is 1. The van der Waals surface area contributed by atoms with E-state index in [-0.39, 0.29) is 12.1 Å². The van der Waals surface area contributed by atoms with Crippen molar-refractivity contribution < 1.29 is 9.53 Å². The summed E-state index contributed by atoms with van der Waals surface area (Å²) in [5.41, 5.74) is -0.422. The number of amides is 1. The summed E-state index contributed by atoms with van der Waals surface area (Å²) in [6.45, 7) is 9.85. The first-order chi connectivity index (χ1) is 7.88. The van der Waals surface area contributed by atoms with Gasteiger partial charge >= 0.3 is 6.09 Å². The van der Waals surface area contributed by atoms with Crippen LogP contribution < -0.4 is 10.6 Å². The Balaban J connectivity index is 2.36. The second kappa shape index (κ2) is 6.24. The van der Waals surface area contributed by atoms with E-state index in [0.717, 1.165) is 19.5 Å². The van der Waals surface area contributed by atoms with Crippen molar-refractivity contribution in [2.24, 2.45) is 5.92 Å². The summed E-state index contributed by atoms with van der Waals surface area (Å²) in [7, 11) is 0. The minimum Gasteiger partial charge on any atom is -0.444 e. The molecule has 2 N–H and O–H groups in total. The first-order valence-corrected chi connectivity index (χ1v) is 6.59. The van der Waals surface area contributed by atoms with Crippen molar-refractivity contribution in [2.75, 3.05) is 13.1 Å². The SMILES string of the molecule is CC(NC(=O)OC(C)(C)C)C1CCCNCC1. The first kappa shape index (κ1) is 14.3. The van der Waals surface area contributed by atoms with Gasteiger partial charge in [-0.25, -0.2) is 4.79 Å². The van der Waals surface area contributed by atoms with Gasteiger partial charge in [-0.2, -0.15) is 0 Å². The predicted molar refractivity (Wildman–Crippen MR) is 69.0 cm³/mol. The van der Waals surface area contributed by atoms with Crippen molar-refractivity contribution in [1.82, 2.24) is 10.6 Å². The summed E-state index contributed by atoms with van der Waals surface area (Å²) in [6, 6.07) is 0.185. The van der Waals surface area contributed by atoms with Crippen LogP contribution in [0.5, 0.6) is 0 Å². The van der Waals surface area contributed by atoms with E-state index in [0.29, 0.717) is 5.92 Å². The summed E-state index contributed by atoms with van der Waals surface area (Å²) in [5, 5.41) is 6.32. The van der Waals surface area contributed by atoms with Gasteiger partial charge in [-0.05, 0) is 66.0 Å². The second-order valence-electron chi connectivity index (χ2n) is 5.88. The normalized spacial score (nSPS) is 23.6. The topological polar surface area (TPSA) is 50.4 Å². The van der Waals surface area contributed by atoms with Crippen LogP contribution in [0.1, 0.15) is 47.0 Å². The van der Waals surface area contributed by atoms with Crippen molar-refractivity contribution in [2.45, 2.75) is 58.6 Å². The molecule has 0 aliphatic carbocycles. The van der Waals surface area contributed by atoms with Gasteiger partial charge in [0, 0.05) is 6.04 Å². The summed E-state index contributed by atoms with van der Waals surface area (Å²) < 4.78 is 5.26. The second-order valence-corrected chi connectivity index (χ2v) is 5.88. The fraction of sp³-hybridized carbons (Fsp3) is 0.923. The van der Waals surface area contributed by atoms with Crippen LogP contribution in [-0.4, -0.2) is 30.8 Å². The molecule has 2 unspecified atom stereocenters. The molecule has 0 aromatic carbocycles. The Bertz CT molecular complexity index is 240. The summed E-state index contributed by atoms with van der Waals surface area (Å²) in [4.78, 5) is 11.6. The third-order valence-corrected chi connectivity index (χ3v) is 3.07. The van der Waals surface area contributed by atoms with Gasteiger partial charge in [0.05, 0.1) is 0 Å². The largest absolute Gasteiger partial charge is 0.444 e. The Hall–Kier alpha value is -0.770. The van der Waals surface area contributed by atoms with Crippen LogP contribution in [-0.2, 0) is 4.74 Å². The lowest BCUT2D eigenvalue weighted by Gasteiger charge is -2.26. The molecular weight excluding hydrogens is 216 g/mol. The Kier molecular flexibility index (Phi) is 5.25. The monoisotopic (exact) mass is 242 g/mol. The van der Waals surface area contributed by atoms with Gasteiger partial charge in [-0.1, -0.05) is 0 Å². The lowest BCUT2D eigenvalue weighted by molar-refractivity contribution is 0.0489. The summed E-state index contributed by atoms with van der Waals surface area (Å²) >= 11 is 0. The van der Waals surface area contributed by atoms with Crippen LogP contribution >= 0.6 is 0 Å². The highest BCUT2D eigenvalue weighted by Gasteiger charge is 2.23. The highest BCUT2D eigenvalue weighted by molar-refractivity contribution is 5.68. The number of rotatable bonds is 2. The van der Waals surface area contributed by atoms with Crippen LogP contribution in [0, 0.1) is 5.92 Å². The molecule has 17 heavy (non-hydrogen) atoms. The van der Waals surface area contributed by atoms with Crippen LogP contribution in [0.2, 0.25) is 0 Å². The van der Waals surface area contributed by atoms with E-state index in [9.17, 15) is 4.79 Å². The van der Waals surface area contributed by atoms with E-state index >= 15 is 0 Å². The fourth-order valence-electron chi connectivity index (χ4n) is 2.16. The standard InChI is InChI=1S/C13H26N2O2/c1-10(11-6-5-8-14-9-7-11)15-12(16)17-13(2,3)4/h10-11,14H,5-9H2,1-4H3,(H,15,16). The van der Waals surface area contributed by atoms with E-state index in [1.807, 2.05) is 20.8 Å². The average Bonchev–Trinajstić information content (AvgIpc) is 2.41. The van der Waals surface area contributed by atoms with Crippen LogP contribution in [0.3, 0.4) is 0 Å². The number of nitrogens with one attached hydrogen (secondary N) is 2. The Morgan fingerprint density at radius 3 is 2.71 bits per heavy atom. The van der Waals surface area contributed by atoms with Gasteiger partial charge in [0.15, 0.2) is 0 Å². The molecule has 1 rings (SSSR count). The van der Waals surface area contributed by atoms with Crippen molar-refractivity contribution in [3.8, 4) is 0 Å². The van der Waals surface area contributed by atoms with Crippen LogP contribution in [0.25, 0.3) is 0 Å². The third-order valence-electron chi connectivity index (χ3n) is 3.07. The maximum atomic E-state index is 11.6. The molecule has 0 bridgehead atoms. The molecule has 0 saturated carbocycles. The van der Waals surface area contributed by atoms with E-state index in [1.54, 1.807) is 0 Å². The van der Waals surface area contributed by atoms with Gasteiger partial charge in [-0.3, -0.25) is 0 Å². The van der Waals surface area contributed by atoms with Crippen molar-refractivity contribution >= 4 is 6.09 Å². The maximum Gasteiger partial charge on any atom is 0.407 e.